The maximum Gasteiger partial charge on any atom is 0.230 e. The van der Waals surface area contributed by atoms with Gasteiger partial charge in [-0.2, -0.15) is 0 Å². The third kappa shape index (κ3) is 4.44. The maximum absolute atomic E-state index is 13.1. The molecule has 3 rings (SSSR count). The summed E-state index contributed by atoms with van der Waals surface area (Å²) in [6, 6.07) is 17.8. The van der Waals surface area contributed by atoms with Crippen molar-refractivity contribution in [3.63, 3.8) is 0 Å². The number of anilines is 2. The molecule has 1 fully saturated rings. The zero-order valence-corrected chi connectivity index (χ0v) is 17.1. The van der Waals surface area contributed by atoms with E-state index in [4.69, 9.17) is 0 Å². The number of carbonyl (C=O) groups is 2. The molecule has 0 radical (unpaired) electrons. The second kappa shape index (κ2) is 9.05. The minimum absolute atomic E-state index is 0.00306. The monoisotopic (exact) mass is 378 g/mol. The molecule has 0 aromatic heterocycles. The highest BCUT2D eigenvalue weighted by molar-refractivity contribution is 5.96. The molecule has 0 spiro atoms. The topological polar surface area (TPSA) is 40.6 Å². The quantitative estimate of drug-likeness (QED) is 0.748. The minimum atomic E-state index is 0.00306. The van der Waals surface area contributed by atoms with Crippen LogP contribution in [-0.4, -0.2) is 25.4 Å². The molecule has 0 unspecified atom stereocenters. The molecule has 0 heterocycles. The van der Waals surface area contributed by atoms with Crippen molar-refractivity contribution in [3.05, 3.63) is 60.2 Å². The first-order valence-corrected chi connectivity index (χ1v) is 10.2. The molecule has 1 aliphatic rings. The first-order valence-electron chi connectivity index (χ1n) is 10.2. The predicted octanol–water partition coefficient (Wildman–Crippen LogP) is 4.82. The largest absolute Gasteiger partial charge is 0.315 e. The number of nitrogens with zero attached hydrogens (tertiary/aromatic N) is 2. The zero-order chi connectivity index (χ0) is 20.1. The van der Waals surface area contributed by atoms with Crippen molar-refractivity contribution in [2.75, 3.05) is 23.4 Å². The summed E-state index contributed by atoms with van der Waals surface area (Å²) in [5.41, 5.74) is 3.04. The molecule has 148 valence electrons. The van der Waals surface area contributed by atoms with Gasteiger partial charge in [-0.1, -0.05) is 30.3 Å². The summed E-state index contributed by atoms with van der Waals surface area (Å²) in [6.07, 6.45) is 3.11. The molecule has 0 N–H and O–H groups in total. The molecule has 2 amide bonds. The Kier molecular flexibility index (Phi) is 6.50. The lowest BCUT2D eigenvalue weighted by Gasteiger charge is -2.33. The molecular weight excluding hydrogens is 348 g/mol. The summed E-state index contributed by atoms with van der Waals surface area (Å²) >= 11 is 0. The number of rotatable bonds is 5. The Morgan fingerprint density at radius 3 is 2.00 bits per heavy atom. The lowest BCUT2D eigenvalue weighted by molar-refractivity contribution is -0.127. The van der Waals surface area contributed by atoms with Crippen LogP contribution in [0.2, 0.25) is 0 Å². The number of aryl methyl sites for hydroxylation is 1. The Labute approximate surface area is 168 Å². The number of carbonyl (C=O) groups excluding carboxylic acids is 2. The van der Waals surface area contributed by atoms with Crippen molar-refractivity contribution in [1.82, 2.24) is 0 Å². The van der Waals surface area contributed by atoms with E-state index in [1.807, 2.05) is 74.3 Å². The highest BCUT2D eigenvalue weighted by Gasteiger charge is 2.33. The third-order valence-electron chi connectivity index (χ3n) is 5.80. The lowest BCUT2D eigenvalue weighted by Crippen LogP contribution is -2.40. The van der Waals surface area contributed by atoms with Crippen LogP contribution in [0.5, 0.6) is 0 Å². The van der Waals surface area contributed by atoms with E-state index in [-0.39, 0.29) is 23.7 Å². The van der Waals surface area contributed by atoms with E-state index >= 15 is 0 Å². The number of amides is 2. The van der Waals surface area contributed by atoms with E-state index in [1.54, 1.807) is 4.90 Å². The van der Waals surface area contributed by atoms with Gasteiger partial charge in [0.15, 0.2) is 0 Å². The van der Waals surface area contributed by atoms with Crippen molar-refractivity contribution in [2.24, 2.45) is 11.8 Å². The first-order chi connectivity index (χ1) is 13.5. The zero-order valence-electron chi connectivity index (χ0n) is 17.1. The molecule has 1 saturated carbocycles. The lowest BCUT2D eigenvalue weighted by atomic mass is 9.80. The van der Waals surface area contributed by atoms with Gasteiger partial charge < -0.3 is 9.80 Å². The summed E-state index contributed by atoms with van der Waals surface area (Å²) in [5.74, 6) is 0.355. The van der Waals surface area contributed by atoms with Crippen molar-refractivity contribution >= 4 is 23.2 Å². The van der Waals surface area contributed by atoms with E-state index in [1.165, 1.54) is 0 Å². The summed E-state index contributed by atoms with van der Waals surface area (Å²) in [7, 11) is 1.84. The van der Waals surface area contributed by atoms with Gasteiger partial charge in [-0.05, 0) is 69.4 Å². The predicted molar refractivity (Wildman–Crippen MR) is 115 cm³/mol. The summed E-state index contributed by atoms with van der Waals surface area (Å²) in [4.78, 5) is 29.6. The molecule has 0 aliphatic heterocycles. The van der Waals surface area contributed by atoms with Gasteiger partial charge in [-0.3, -0.25) is 9.59 Å². The number of hydrogen-bond acceptors (Lipinski definition) is 2. The number of hydrogen-bond donors (Lipinski definition) is 0. The van der Waals surface area contributed by atoms with Gasteiger partial charge in [-0.25, -0.2) is 0 Å². The van der Waals surface area contributed by atoms with Gasteiger partial charge >= 0.3 is 0 Å². The van der Waals surface area contributed by atoms with Crippen LogP contribution in [0.15, 0.2) is 54.6 Å². The summed E-state index contributed by atoms with van der Waals surface area (Å²) in [6.45, 7) is 4.73. The van der Waals surface area contributed by atoms with Crippen LogP contribution in [0, 0.1) is 18.8 Å². The van der Waals surface area contributed by atoms with Crippen molar-refractivity contribution in [3.8, 4) is 0 Å². The van der Waals surface area contributed by atoms with Gasteiger partial charge in [-0.15, -0.1) is 0 Å². The standard InChI is InChI=1S/C24H30N2O2/c1-4-26(22-12-8-9-18(2)17-22)24(28)20-15-13-19(14-16-20)23(27)25(3)21-10-6-5-7-11-21/h5-12,17,19-20H,4,13-16H2,1-3H3. The molecule has 4 nitrogen and oxygen atoms in total. The molecule has 2 aromatic rings. The van der Waals surface area contributed by atoms with Gasteiger partial charge in [0.05, 0.1) is 0 Å². The fourth-order valence-corrected chi connectivity index (χ4v) is 4.12. The Morgan fingerprint density at radius 1 is 0.857 bits per heavy atom. The maximum atomic E-state index is 13.1. The third-order valence-corrected chi connectivity index (χ3v) is 5.80. The second-order valence-electron chi connectivity index (χ2n) is 7.70. The van der Waals surface area contributed by atoms with Gasteiger partial charge in [0, 0.05) is 36.8 Å². The van der Waals surface area contributed by atoms with Crippen molar-refractivity contribution in [2.45, 2.75) is 39.5 Å². The molecule has 0 atom stereocenters. The fraction of sp³-hybridized carbons (Fsp3) is 0.417. The van der Waals surface area contributed by atoms with Crippen LogP contribution in [0.4, 0.5) is 11.4 Å². The average Bonchev–Trinajstić information content (AvgIpc) is 2.74. The Bertz CT molecular complexity index is 810. The fourth-order valence-electron chi connectivity index (χ4n) is 4.12. The number of benzene rings is 2. The van der Waals surface area contributed by atoms with Crippen LogP contribution < -0.4 is 9.80 Å². The average molecular weight is 379 g/mol. The van der Waals surface area contributed by atoms with Crippen LogP contribution in [0.25, 0.3) is 0 Å². The van der Waals surface area contributed by atoms with E-state index < -0.39 is 0 Å². The Morgan fingerprint density at radius 2 is 1.43 bits per heavy atom. The molecule has 1 aliphatic carbocycles. The van der Waals surface area contributed by atoms with Crippen LogP contribution in [-0.2, 0) is 9.59 Å². The minimum Gasteiger partial charge on any atom is -0.315 e. The molecule has 2 aromatic carbocycles. The Balaban J connectivity index is 1.61. The molecule has 28 heavy (non-hydrogen) atoms. The molecule has 0 bridgehead atoms. The first kappa shape index (κ1) is 20.1. The van der Waals surface area contributed by atoms with E-state index in [0.29, 0.717) is 6.54 Å². The normalized spacial score (nSPS) is 19.1. The van der Waals surface area contributed by atoms with Crippen molar-refractivity contribution in [1.29, 1.82) is 0 Å². The van der Waals surface area contributed by atoms with Crippen LogP contribution in [0.1, 0.15) is 38.2 Å². The van der Waals surface area contributed by atoms with E-state index in [2.05, 4.69) is 6.07 Å². The van der Waals surface area contributed by atoms with Gasteiger partial charge in [0.2, 0.25) is 11.8 Å². The van der Waals surface area contributed by atoms with Crippen LogP contribution in [0.3, 0.4) is 0 Å². The summed E-state index contributed by atoms with van der Waals surface area (Å²) < 4.78 is 0. The Hall–Kier alpha value is -2.62. The van der Waals surface area contributed by atoms with E-state index in [0.717, 1.165) is 42.6 Å². The summed E-state index contributed by atoms with van der Waals surface area (Å²) in [5, 5.41) is 0. The highest BCUT2D eigenvalue weighted by Crippen LogP contribution is 2.33. The molecular formula is C24H30N2O2. The molecule has 0 saturated heterocycles. The highest BCUT2D eigenvalue weighted by atomic mass is 16.2. The molecule has 4 heteroatoms. The van der Waals surface area contributed by atoms with E-state index in [9.17, 15) is 9.59 Å². The SMILES string of the molecule is CCN(C(=O)C1CCC(C(=O)N(C)c2ccccc2)CC1)c1cccc(C)c1. The van der Waals surface area contributed by atoms with Crippen molar-refractivity contribution < 1.29 is 9.59 Å². The van der Waals surface area contributed by atoms with Gasteiger partial charge in [0.1, 0.15) is 0 Å². The van der Waals surface area contributed by atoms with Crippen LogP contribution >= 0.6 is 0 Å². The number of para-hydroxylation sites is 1. The van der Waals surface area contributed by atoms with Gasteiger partial charge in [0.25, 0.3) is 0 Å². The smallest absolute Gasteiger partial charge is 0.230 e. The second-order valence-corrected chi connectivity index (χ2v) is 7.70.